The van der Waals surface area contributed by atoms with Crippen LogP contribution in [0.25, 0.3) is 0 Å². The number of amides is 1. The van der Waals surface area contributed by atoms with Gasteiger partial charge in [-0.15, -0.1) is 0 Å². The van der Waals surface area contributed by atoms with E-state index < -0.39 is 15.9 Å². The largest absolute Gasteiger partial charge is 0.497 e. The number of hydrogen-bond acceptors (Lipinski definition) is 4. The number of aryl methyl sites for hydroxylation is 1. The van der Waals surface area contributed by atoms with Crippen molar-refractivity contribution in [3.05, 3.63) is 83.9 Å². The normalized spacial score (nSPS) is 11.0. The van der Waals surface area contributed by atoms with Crippen LogP contribution in [0.1, 0.15) is 15.9 Å². The molecule has 0 heterocycles. The minimum atomic E-state index is -3.81. The summed E-state index contributed by atoms with van der Waals surface area (Å²) in [5.74, 6) is 0.278. The number of ether oxygens (including phenoxy) is 1. The summed E-state index contributed by atoms with van der Waals surface area (Å²) in [4.78, 5) is 12.6. The number of sulfonamides is 1. The molecule has 7 heteroatoms. The van der Waals surface area contributed by atoms with Gasteiger partial charge < -0.3 is 10.1 Å². The van der Waals surface area contributed by atoms with Crippen molar-refractivity contribution in [3.8, 4) is 5.75 Å². The highest BCUT2D eigenvalue weighted by atomic mass is 32.2. The zero-order valence-electron chi connectivity index (χ0n) is 16.4. The first-order valence-electron chi connectivity index (χ1n) is 8.92. The molecule has 0 aliphatic heterocycles. The Balaban J connectivity index is 1.84. The van der Waals surface area contributed by atoms with E-state index >= 15 is 0 Å². The molecule has 0 aromatic heterocycles. The summed E-state index contributed by atoms with van der Waals surface area (Å²) in [6.45, 7) is 1.90. The van der Waals surface area contributed by atoms with Gasteiger partial charge in [0.05, 0.1) is 17.7 Å². The predicted octanol–water partition coefficient (Wildman–Crippen LogP) is 4.08. The van der Waals surface area contributed by atoms with Crippen molar-refractivity contribution in [2.45, 2.75) is 11.8 Å². The van der Waals surface area contributed by atoms with Crippen molar-refractivity contribution in [2.24, 2.45) is 0 Å². The summed E-state index contributed by atoms with van der Waals surface area (Å²) < 4.78 is 32.4. The number of nitrogens with zero attached hydrogens (tertiary/aromatic N) is 1. The second-order valence-electron chi connectivity index (χ2n) is 6.52. The smallest absolute Gasteiger partial charge is 0.264 e. The van der Waals surface area contributed by atoms with Crippen LogP contribution in [0, 0.1) is 6.92 Å². The Kier molecular flexibility index (Phi) is 5.89. The molecule has 1 amide bonds. The number of rotatable bonds is 6. The minimum Gasteiger partial charge on any atom is -0.497 e. The first-order valence-corrected chi connectivity index (χ1v) is 10.4. The maximum atomic E-state index is 13.0. The Morgan fingerprint density at radius 1 is 0.966 bits per heavy atom. The fourth-order valence-corrected chi connectivity index (χ4v) is 4.03. The van der Waals surface area contributed by atoms with Crippen molar-refractivity contribution in [3.63, 3.8) is 0 Å². The Hall–Kier alpha value is -3.32. The second kappa shape index (κ2) is 8.36. The number of anilines is 2. The van der Waals surface area contributed by atoms with E-state index in [1.807, 2.05) is 13.0 Å². The third-order valence-corrected chi connectivity index (χ3v) is 6.25. The maximum absolute atomic E-state index is 13.0. The van der Waals surface area contributed by atoms with Gasteiger partial charge in [0.2, 0.25) is 0 Å². The summed E-state index contributed by atoms with van der Waals surface area (Å²) in [5, 5.41) is 2.75. The zero-order chi connectivity index (χ0) is 21.0. The molecule has 29 heavy (non-hydrogen) atoms. The molecule has 0 fully saturated rings. The molecule has 0 unspecified atom stereocenters. The van der Waals surface area contributed by atoms with Crippen LogP contribution in [0.5, 0.6) is 5.75 Å². The molecule has 3 rings (SSSR count). The van der Waals surface area contributed by atoms with Crippen LogP contribution in [0.4, 0.5) is 11.4 Å². The molecule has 0 saturated carbocycles. The number of carbonyl (C=O) groups excluding carboxylic acids is 1. The van der Waals surface area contributed by atoms with Gasteiger partial charge in [-0.3, -0.25) is 9.10 Å². The van der Waals surface area contributed by atoms with Gasteiger partial charge in [0.15, 0.2) is 0 Å². The molecule has 0 spiro atoms. The first-order chi connectivity index (χ1) is 13.8. The van der Waals surface area contributed by atoms with Gasteiger partial charge in [-0.1, -0.05) is 18.2 Å². The highest BCUT2D eigenvalue weighted by molar-refractivity contribution is 7.92. The zero-order valence-corrected chi connectivity index (χ0v) is 17.2. The summed E-state index contributed by atoms with van der Waals surface area (Å²) in [7, 11) is -0.753. The Morgan fingerprint density at radius 2 is 1.66 bits per heavy atom. The lowest BCUT2D eigenvalue weighted by atomic mass is 10.2. The highest BCUT2D eigenvalue weighted by Crippen LogP contribution is 2.24. The maximum Gasteiger partial charge on any atom is 0.264 e. The van der Waals surface area contributed by atoms with Gasteiger partial charge >= 0.3 is 0 Å². The number of carbonyl (C=O) groups is 1. The molecule has 0 aliphatic carbocycles. The molecule has 6 nitrogen and oxygen atoms in total. The van der Waals surface area contributed by atoms with E-state index in [-0.39, 0.29) is 10.5 Å². The quantitative estimate of drug-likeness (QED) is 0.664. The van der Waals surface area contributed by atoms with E-state index in [1.165, 1.54) is 23.5 Å². The van der Waals surface area contributed by atoms with Crippen LogP contribution in [0.15, 0.2) is 77.7 Å². The minimum absolute atomic E-state index is 0.0453. The number of hydrogen-bond donors (Lipinski definition) is 1. The first kappa shape index (κ1) is 20.4. The molecule has 1 N–H and O–H groups in total. The molecule has 150 valence electrons. The van der Waals surface area contributed by atoms with Crippen LogP contribution in [-0.4, -0.2) is 28.5 Å². The molecule has 0 atom stereocenters. The lowest BCUT2D eigenvalue weighted by molar-refractivity contribution is 0.102. The van der Waals surface area contributed by atoms with Crippen molar-refractivity contribution in [2.75, 3.05) is 23.8 Å². The van der Waals surface area contributed by atoms with Gasteiger partial charge in [0.25, 0.3) is 15.9 Å². The standard InChI is InChI=1S/C22H22N2O4S/c1-16-6-4-8-19(14-16)24(2)29(26,27)21-9-5-7-17(15-21)22(25)23-18-10-12-20(28-3)13-11-18/h4-15H,1-3H3,(H,23,25). The van der Waals surface area contributed by atoms with E-state index in [0.717, 1.165) is 5.56 Å². The summed E-state index contributed by atoms with van der Waals surface area (Å²) >= 11 is 0. The van der Waals surface area contributed by atoms with Crippen LogP contribution < -0.4 is 14.4 Å². The van der Waals surface area contributed by atoms with Gasteiger partial charge in [0, 0.05) is 18.3 Å². The van der Waals surface area contributed by atoms with E-state index in [2.05, 4.69) is 5.32 Å². The number of methoxy groups -OCH3 is 1. The molecule has 0 bridgehead atoms. The van der Waals surface area contributed by atoms with Crippen LogP contribution in [-0.2, 0) is 10.0 Å². The average Bonchev–Trinajstić information content (AvgIpc) is 2.73. The van der Waals surface area contributed by atoms with E-state index in [9.17, 15) is 13.2 Å². The van der Waals surface area contributed by atoms with Crippen LogP contribution >= 0.6 is 0 Å². The number of benzene rings is 3. The van der Waals surface area contributed by atoms with Crippen molar-refractivity contribution >= 4 is 27.3 Å². The monoisotopic (exact) mass is 410 g/mol. The SMILES string of the molecule is COc1ccc(NC(=O)c2cccc(S(=O)(=O)N(C)c3cccc(C)c3)c2)cc1. The molecule has 0 radical (unpaired) electrons. The summed E-state index contributed by atoms with van der Waals surface area (Å²) in [5.41, 5.74) is 2.34. The average molecular weight is 410 g/mol. The molecule has 0 aliphatic rings. The van der Waals surface area contributed by atoms with E-state index in [4.69, 9.17) is 4.74 Å². The van der Waals surface area contributed by atoms with Gasteiger partial charge in [-0.2, -0.15) is 0 Å². The van der Waals surface area contributed by atoms with Crippen molar-refractivity contribution in [1.82, 2.24) is 0 Å². The topological polar surface area (TPSA) is 75.7 Å². The van der Waals surface area contributed by atoms with Crippen LogP contribution in [0.2, 0.25) is 0 Å². The summed E-state index contributed by atoms with van der Waals surface area (Å²) in [6, 6.07) is 20.1. The fourth-order valence-electron chi connectivity index (χ4n) is 2.80. The van der Waals surface area contributed by atoms with Gasteiger partial charge in [-0.25, -0.2) is 8.42 Å². The van der Waals surface area contributed by atoms with Crippen LogP contribution in [0.3, 0.4) is 0 Å². The lowest BCUT2D eigenvalue weighted by Gasteiger charge is -2.20. The molecule has 3 aromatic carbocycles. The Labute approximate surface area is 170 Å². The third-order valence-electron chi connectivity index (χ3n) is 4.47. The third kappa shape index (κ3) is 4.57. The number of nitrogens with one attached hydrogen (secondary N) is 1. The summed E-state index contributed by atoms with van der Waals surface area (Å²) in [6.07, 6.45) is 0. The van der Waals surface area contributed by atoms with E-state index in [0.29, 0.717) is 17.1 Å². The highest BCUT2D eigenvalue weighted by Gasteiger charge is 2.22. The Bertz CT molecular complexity index is 1130. The predicted molar refractivity (Wildman–Crippen MR) is 114 cm³/mol. The second-order valence-corrected chi connectivity index (χ2v) is 8.49. The molecule has 0 saturated heterocycles. The van der Waals surface area contributed by atoms with Crippen molar-refractivity contribution in [1.29, 1.82) is 0 Å². The van der Waals surface area contributed by atoms with Gasteiger partial charge in [-0.05, 0) is 67.1 Å². The molecular weight excluding hydrogens is 388 g/mol. The fraction of sp³-hybridized carbons (Fsp3) is 0.136. The van der Waals surface area contributed by atoms with Crippen molar-refractivity contribution < 1.29 is 17.9 Å². The van der Waals surface area contributed by atoms with Gasteiger partial charge in [0.1, 0.15) is 5.75 Å². The lowest BCUT2D eigenvalue weighted by Crippen LogP contribution is -2.27. The molecule has 3 aromatic rings. The van der Waals surface area contributed by atoms with E-state index in [1.54, 1.807) is 61.7 Å². The Morgan fingerprint density at radius 3 is 2.31 bits per heavy atom. The molecular formula is C22H22N2O4S.